The molecule has 1 N–H and O–H groups in total. The monoisotopic (exact) mass is 327 g/mol. The van der Waals surface area contributed by atoms with Crippen LogP contribution in [0.25, 0.3) is 0 Å². The first-order valence-corrected chi connectivity index (χ1v) is 8.02. The summed E-state index contributed by atoms with van der Waals surface area (Å²) in [7, 11) is 0. The molecule has 2 nitrogen and oxygen atoms in total. The Bertz CT molecular complexity index is 337. The molecule has 1 atom stereocenters. The normalized spacial score (nSPS) is 12.7. The highest BCUT2D eigenvalue weighted by molar-refractivity contribution is 9.10. The standard InChI is InChI=1S/C16H26BrNO/c1-4-5-14(12-18-13(2)3)10-11-19-16-8-6-15(17)7-9-16/h6-9,13-14,18H,4-5,10-12H2,1-3H3. The molecular weight excluding hydrogens is 302 g/mol. The number of halogens is 1. The van der Waals surface area contributed by atoms with Crippen LogP contribution in [-0.2, 0) is 0 Å². The maximum Gasteiger partial charge on any atom is 0.119 e. The third kappa shape index (κ3) is 7.58. The molecule has 0 spiro atoms. The highest BCUT2D eigenvalue weighted by atomic mass is 79.9. The smallest absolute Gasteiger partial charge is 0.119 e. The summed E-state index contributed by atoms with van der Waals surface area (Å²) in [6.07, 6.45) is 3.62. The van der Waals surface area contributed by atoms with E-state index >= 15 is 0 Å². The molecule has 0 saturated carbocycles. The minimum atomic E-state index is 0.562. The zero-order valence-corrected chi connectivity index (χ0v) is 13.9. The van der Waals surface area contributed by atoms with Gasteiger partial charge in [-0.15, -0.1) is 0 Å². The SMILES string of the molecule is CCCC(CCOc1ccc(Br)cc1)CNC(C)C. The van der Waals surface area contributed by atoms with E-state index in [1.165, 1.54) is 12.8 Å². The second-order valence-electron chi connectivity index (χ2n) is 5.31. The van der Waals surface area contributed by atoms with Crippen LogP contribution in [0.4, 0.5) is 0 Å². The van der Waals surface area contributed by atoms with Crippen molar-refractivity contribution in [2.24, 2.45) is 5.92 Å². The van der Waals surface area contributed by atoms with Gasteiger partial charge in [-0.2, -0.15) is 0 Å². The van der Waals surface area contributed by atoms with E-state index in [4.69, 9.17) is 4.74 Å². The molecule has 0 bridgehead atoms. The summed E-state index contributed by atoms with van der Waals surface area (Å²) in [5.74, 6) is 1.66. The first-order valence-electron chi connectivity index (χ1n) is 7.23. The van der Waals surface area contributed by atoms with Crippen LogP contribution < -0.4 is 10.1 Å². The Hall–Kier alpha value is -0.540. The molecular formula is C16H26BrNO. The number of nitrogens with one attached hydrogen (secondary N) is 1. The first-order chi connectivity index (χ1) is 9.11. The molecule has 0 heterocycles. The van der Waals surface area contributed by atoms with Crippen molar-refractivity contribution in [2.45, 2.75) is 46.1 Å². The fraction of sp³-hybridized carbons (Fsp3) is 0.625. The Morgan fingerprint density at radius 2 is 1.84 bits per heavy atom. The summed E-state index contributed by atoms with van der Waals surface area (Å²) in [6, 6.07) is 8.60. The predicted molar refractivity (Wildman–Crippen MR) is 85.8 cm³/mol. The Balaban J connectivity index is 2.28. The molecule has 0 saturated heterocycles. The van der Waals surface area contributed by atoms with Crippen molar-refractivity contribution in [3.05, 3.63) is 28.7 Å². The lowest BCUT2D eigenvalue weighted by molar-refractivity contribution is 0.265. The van der Waals surface area contributed by atoms with Gasteiger partial charge in [-0.25, -0.2) is 0 Å². The first kappa shape index (κ1) is 16.5. The summed E-state index contributed by atoms with van der Waals surface area (Å²) >= 11 is 3.43. The summed E-state index contributed by atoms with van der Waals surface area (Å²) in [4.78, 5) is 0. The molecule has 1 unspecified atom stereocenters. The van der Waals surface area contributed by atoms with Gasteiger partial charge in [0.25, 0.3) is 0 Å². The van der Waals surface area contributed by atoms with Gasteiger partial charge in [0.1, 0.15) is 5.75 Å². The summed E-state index contributed by atoms with van der Waals surface area (Å²) in [5.41, 5.74) is 0. The molecule has 3 heteroatoms. The maximum atomic E-state index is 5.80. The lowest BCUT2D eigenvalue weighted by Gasteiger charge is -2.19. The third-order valence-electron chi connectivity index (χ3n) is 3.12. The Labute approximate surface area is 126 Å². The lowest BCUT2D eigenvalue weighted by Crippen LogP contribution is -2.29. The predicted octanol–water partition coefficient (Wildman–Crippen LogP) is 4.63. The van der Waals surface area contributed by atoms with Gasteiger partial charge in [0.05, 0.1) is 6.61 Å². The fourth-order valence-electron chi connectivity index (χ4n) is 2.03. The molecule has 0 radical (unpaired) electrons. The van der Waals surface area contributed by atoms with Crippen molar-refractivity contribution in [1.29, 1.82) is 0 Å². The molecule has 19 heavy (non-hydrogen) atoms. The maximum absolute atomic E-state index is 5.80. The minimum Gasteiger partial charge on any atom is -0.494 e. The third-order valence-corrected chi connectivity index (χ3v) is 3.65. The van der Waals surface area contributed by atoms with Crippen LogP contribution in [0, 0.1) is 5.92 Å². The van der Waals surface area contributed by atoms with Gasteiger partial charge < -0.3 is 10.1 Å². The van der Waals surface area contributed by atoms with Crippen molar-refractivity contribution >= 4 is 15.9 Å². The summed E-state index contributed by atoms with van der Waals surface area (Å²) in [6.45, 7) is 8.53. The van der Waals surface area contributed by atoms with E-state index in [9.17, 15) is 0 Å². The van der Waals surface area contributed by atoms with Crippen molar-refractivity contribution in [3.8, 4) is 5.75 Å². The van der Waals surface area contributed by atoms with E-state index in [0.717, 1.165) is 29.8 Å². The Morgan fingerprint density at radius 3 is 2.42 bits per heavy atom. The zero-order chi connectivity index (χ0) is 14.1. The van der Waals surface area contributed by atoms with Crippen LogP contribution in [0.15, 0.2) is 28.7 Å². The van der Waals surface area contributed by atoms with Gasteiger partial charge in [0.2, 0.25) is 0 Å². The quantitative estimate of drug-likeness (QED) is 0.713. The average molecular weight is 328 g/mol. The van der Waals surface area contributed by atoms with Crippen LogP contribution in [0.2, 0.25) is 0 Å². The summed E-state index contributed by atoms with van der Waals surface area (Å²) in [5, 5.41) is 3.52. The minimum absolute atomic E-state index is 0.562. The molecule has 1 aromatic rings. The van der Waals surface area contributed by atoms with E-state index in [1.54, 1.807) is 0 Å². The van der Waals surface area contributed by atoms with Gasteiger partial charge in [-0.1, -0.05) is 43.1 Å². The van der Waals surface area contributed by atoms with Gasteiger partial charge in [0, 0.05) is 10.5 Å². The van der Waals surface area contributed by atoms with E-state index in [1.807, 2.05) is 24.3 Å². The highest BCUT2D eigenvalue weighted by Crippen LogP contribution is 2.17. The van der Waals surface area contributed by atoms with Crippen molar-refractivity contribution in [2.75, 3.05) is 13.2 Å². The second-order valence-corrected chi connectivity index (χ2v) is 6.22. The molecule has 0 aliphatic carbocycles. The van der Waals surface area contributed by atoms with Crippen molar-refractivity contribution in [3.63, 3.8) is 0 Å². The molecule has 0 aromatic heterocycles. The van der Waals surface area contributed by atoms with Crippen molar-refractivity contribution < 1.29 is 4.74 Å². The number of hydrogen-bond donors (Lipinski definition) is 1. The molecule has 1 rings (SSSR count). The van der Waals surface area contributed by atoms with Crippen LogP contribution in [-0.4, -0.2) is 19.2 Å². The molecule has 0 amide bonds. The fourth-order valence-corrected chi connectivity index (χ4v) is 2.30. The molecule has 0 aliphatic rings. The number of benzene rings is 1. The number of ether oxygens (including phenoxy) is 1. The zero-order valence-electron chi connectivity index (χ0n) is 12.3. The number of hydrogen-bond acceptors (Lipinski definition) is 2. The molecule has 0 fully saturated rings. The highest BCUT2D eigenvalue weighted by Gasteiger charge is 2.08. The van der Waals surface area contributed by atoms with Crippen LogP contribution in [0.5, 0.6) is 5.75 Å². The van der Waals surface area contributed by atoms with Crippen molar-refractivity contribution in [1.82, 2.24) is 5.32 Å². The summed E-state index contributed by atoms with van der Waals surface area (Å²) < 4.78 is 6.88. The van der Waals surface area contributed by atoms with Crippen LogP contribution >= 0.6 is 15.9 Å². The topological polar surface area (TPSA) is 21.3 Å². The van der Waals surface area contributed by atoms with Gasteiger partial charge in [-0.05, 0) is 49.6 Å². The number of rotatable bonds is 9. The van der Waals surface area contributed by atoms with Gasteiger partial charge in [-0.3, -0.25) is 0 Å². The average Bonchev–Trinajstić information content (AvgIpc) is 2.38. The Morgan fingerprint density at radius 1 is 1.16 bits per heavy atom. The lowest BCUT2D eigenvalue weighted by atomic mass is 10.00. The van der Waals surface area contributed by atoms with E-state index in [0.29, 0.717) is 12.0 Å². The van der Waals surface area contributed by atoms with Crippen LogP contribution in [0.3, 0.4) is 0 Å². The molecule has 0 aliphatic heterocycles. The van der Waals surface area contributed by atoms with Gasteiger partial charge >= 0.3 is 0 Å². The second kappa shape index (κ2) is 9.38. The van der Waals surface area contributed by atoms with E-state index in [-0.39, 0.29) is 0 Å². The largest absolute Gasteiger partial charge is 0.494 e. The molecule has 108 valence electrons. The van der Waals surface area contributed by atoms with Crippen LogP contribution in [0.1, 0.15) is 40.0 Å². The van der Waals surface area contributed by atoms with Gasteiger partial charge in [0.15, 0.2) is 0 Å². The molecule has 1 aromatic carbocycles. The Kier molecular flexibility index (Phi) is 8.15. The van der Waals surface area contributed by atoms with E-state index < -0.39 is 0 Å². The van der Waals surface area contributed by atoms with E-state index in [2.05, 4.69) is 42.0 Å².